The molecule has 1 aromatic rings. The smallest absolute Gasteiger partial charge is 0.254 e. The van der Waals surface area contributed by atoms with Crippen LogP contribution < -0.4 is 0 Å². The summed E-state index contributed by atoms with van der Waals surface area (Å²) in [5.74, 6) is -0.0691. The molecule has 19 heavy (non-hydrogen) atoms. The molecule has 0 radical (unpaired) electrons. The van der Waals surface area contributed by atoms with Gasteiger partial charge in [0.25, 0.3) is 5.91 Å². The molecule has 1 aliphatic heterocycles. The normalized spacial score (nSPS) is 19.5. The number of hydrogen-bond donors (Lipinski definition) is 1. The molecule has 0 aliphatic carbocycles. The number of aryl methyl sites for hydroxylation is 1. The van der Waals surface area contributed by atoms with Crippen molar-refractivity contribution in [1.82, 2.24) is 9.88 Å². The molecule has 1 fully saturated rings. The van der Waals surface area contributed by atoms with Crippen molar-refractivity contribution in [3.8, 4) is 0 Å². The molecule has 1 N–H and O–H groups in total. The number of amides is 1. The zero-order valence-electron chi connectivity index (χ0n) is 11.1. The number of aliphatic hydroxyl groups excluding tert-OH is 1. The molecular formula is C14H19ClN2O2. The highest BCUT2D eigenvalue weighted by Crippen LogP contribution is 2.17. The van der Waals surface area contributed by atoms with Gasteiger partial charge in [-0.05, 0) is 31.4 Å². The molecular weight excluding hydrogens is 264 g/mol. The van der Waals surface area contributed by atoms with Gasteiger partial charge in [-0.15, -0.1) is 0 Å². The summed E-state index contributed by atoms with van der Waals surface area (Å²) in [6.07, 6.45) is 2.97. The SMILES string of the molecule is CCCc1cc(C(=O)N2CCCC(O)C2)cc(Cl)n1. The zero-order chi connectivity index (χ0) is 13.8. The maximum absolute atomic E-state index is 12.4. The molecule has 1 aliphatic rings. The molecule has 1 unspecified atom stereocenters. The largest absolute Gasteiger partial charge is 0.391 e. The molecule has 0 spiro atoms. The lowest BCUT2D eigenvalue weighted by Gasteiger charge is -2.30. The molecule has 5 heteroatoms. The molecule has 1 amide bonds. The molecule has 1 saturated heterocycles. The summed E-state index contributed by atoms with van der Waals surface area (Å²) >= 11 is 5.97. The van der Waals surface area contributed by atoms with E-state index in [1.807, 2.05) is 0 Å². The summed E-state index contributed by atoms with van der Waals surface area (Å²) in [6, 6.07) is 3.41. The lowest BCUT2D eigenvalue weighted by Crippen LogP contribution is -2.42. The lowest BCUT2D eigenvalue weighted by atomic mass is 10.1. The van der Waals surface area contributed by atoms with Gasteiger partial charge in [0.15, 0.2) is 0 Å². The van der Waals surface area contributed by atoms with Crippen molar-refractivity contribution in [3.63, 3.8) is 0 Å². The summed E-state index contributed by atoms with van der Waals surface area (Å²) in [6.45, 7) is 3.16. The van der Waals surface area contributed by atoms with Gasteiger partial charge in [0, 0.05) is 24.3 Å². The summed E-state index contributed by atoms with van der Waals surface area (Å²) in [4.78, 5) is 18.3. The van der Waals surface area contributed by atoms with E-state index < -0.39 is 6.10 Å². The van der Waals surface area contributed by atoms with E-state index in [4.69, 9.17) is 11.6 Å². The highest BCUT2D eigenvalue weighted by atomic mass is 35.5. The summed E-state index contributed by atoms with van der Waals surface area (Å²) < 4.78 is 0. The van der Waals surface area contributed by atoms with Crippen LogP contribution in [0.5, 0.6) is 0 Å². The van der Waals surface area contributed by atoms with Crippen molar-refractivity contribution >= 4 is 17.5 Å². The van der Waals surface area contributed by atoms with Gasteiger partial charge in [-0.1, -0.05) is 24.9 Å². The molecule has 1 aromatic heterocycles. The Balaban J connectivity index is 2.18. The number of carbonyl (C=O) groups excluding carboxylic acids is 1. The number of aliphatic hydroxyl groups is 1. The Hall–Kier alpha value is -1.13. The predicted octanol–water partition coefficient (Wildman–Crippen LogP) is 2.28. The third-order valence-corrected chi connectivity index (χ3v) is 3.48. The maximum Gasteiger partial charge on any atom is 0.254 e. The van der Waals surface area contributed by atoms with Gasteiger partial charge < -0.3 is 10.0 Å². The average Bonchev–Trinajstić information content (AvgIpc) is 2.37. The molecule has 0 saturated carbocycles. The summed E-state index contributed by atoms with van der Waals surface area (Å²) in [5.41, 5.74) is 1.41. The number of pyridine rings is 1. The first kappa shape index (κ1) is 14.3. The monoisotopic (exact) mass is 282 g/mol. The molecule has 2 rings (SSSR count). The summed E-state index contributed by atoms with van der Waals surface area (Å²) in [7, 11) is 0. The van der Waals surface area contributed by atoms with Crippen LogP contribution in [0.15, 0.2) is 12.1 Å². The zero-order valence-corrected chi connectivity index (χ0v) is 11.9. The third-order valence-electron chi connectivity index (χ3n) is 3.28. The van der Waals surface area contributed by atoms with Crippen molar-refractivity contribution in [1.29, 1.82) is 0 Å². The quantitative estimate of drug-likeness (QED) is 0.866. The van der Waals surface area contributed by atoms with E-state index >= 15 is 0 Å². The minimum atomic E-state index is -0.412. The molecule has 4 nitrogen and oxygen atoms in total. The van der Waals surface area contributed by atoms with Gasteiger partial charge in [-0.25, -0.2) is 4.98 Å². The number of likely N-dealkylation sites (tertiary alicyclic amines) is 1. The fourth-order valence-electron chi connectivity index (χ4n) is 2.38. The third kappa shape index (κ3) is 3.67. The molecule has 104 valence electrons. The standard InChI is InChI=1S/C14H19ClN2O2/c1-2-4-11-7-10(8-13(15)16-11)14(19)17-6-3-5-12(18)9-17/h7-8,12,18H,2-6,9H2,1H3. The van der Waals surface area contributed by atoms with Crippen LogP contribution >= 0.6 is 11.6 Å². The van der Waals surface area contributed by atoms with Crippen LogP contribution in [0.4, 0.5) is 0 Å². The van der Waals surface area contributed by atoms with Crippen LogP contribution in [-0.4, -0.2) is 40.1 Å². The minimum absolute atomic E-state index is 0.0691. The number of nitrogens with zero attached hydrogens (tertiary/aromatic N) is 2. The Kier molecular flexibility index (Phi) is 4.77. The fraction of sp³-hybridized carbons (Fsp3) is 0.571. The van der Waals surface area contributed by atoms with Gasteiger partial charge in [-0.3, -0.25) is 4.79 Å². The van der Waals surface area contributed by atoms with Crippen molar-refractivity contribution < 1.29 is 9.90 Å². The van der Waals surface area contributed by atoms with E-state index in [1.54, 1.807) is 17.0 Å². The molecule has 0 aromatic carbocycles. The van der Waals surface area contributed by atoms with E-state index in [-0.39, 0.29) is 5.91 Å². The lowest BCUT2D eigenvalue weighted by molar-refractivity contribution is 0.0473. The van der Waals surface area contributed by atoms with Crippen LogP contribution in [0.2, 0.25) is 5.15 Å². The summed E-state index contributed by atoms with van der Waals surface area (Å²) in [5, 5.41) is 9.99. The maximum atomic E-state index is 12.4. The first-order valence-electron chi connectivity index (χ1n) is 6.74. The number of halogens is 1. The van der Waals surface area contributed by atoms with Crippen molar-refractivity contribution in [2.45, 2.75) is 38.7 Å². The minimum Gasteiger partial charge on any atom is -0.391 e. The van der Waals surface area contributed by atoms with Crippen LogP contribution in [0.3, 0.4) is 0 Å². The highest BCUT2D eigenvalue weighted by molar-refractivity contribution is 6.29. The number of piperidine rings is 1. The van der Waals surface area contributed by atoms with Gasteiger partial charge in [0.1, 0.15) is 5.15 Å². The number of hydrogen-bond acceptors (Lipinski definition) is 3. The van der Waals surface area contributed by atoms with Gasteiger partial charge in [0.05, 0.1) is 6.10 Å². The topological polar surface area (TPSA) is 53.4 Å². The van der Waals surface area contributed by atoms with Crippen molar-refractivity contribution in [2.24, 2.45) is 0 Å². The number of aromatic nitrogens is 1. The van der Waals surface area contributed by atoms with E-state index in [0.717, 1.165) is 31.4 Å². The predicted molar refractivity (Wildman–Crippen MR) is 74.4 cm³/mol. The Morgan fingerprint density at radius 1 is 1.58 bits per heavy atom. The second kappa shape index (κ2) is 6.35. The number of rotatable bonds is 3. The molecule has 2 heterocycles. The molecule has 1 atom stereocenters. The Morgan fingerprint density at radius 3 is 3.05 bits per heavy atom. The van der Waals surface area contributed by atoms with Crippen molar-refractivity contribution in [3.05, 3.63) is 28.5 Å². The van der Waals surface area contributed by atoms with E-state index in [0.29, 0.717) is 23.8 Å². The van der Waals surface area contributed by atoms with Crippen LogP contribution in [0.25, 0.3) is 0 Å². The van der Waals surface area contributed by atoms with Crippen LogP contribution in [0.1, 0.15) is 42.2 Å². The highest BCUT2D eigenvalue weighted by Gasteiger charge is 2.23. The van der Waals surface area contributed by atoms with Crippen LogP contribution in [0, 0.1) is 0 Å². The van der Waals surface area contributed by atoms with Gasteiger partial charge in [0.2, 0.25) is 0 Å². The second-order valence-electron chi connectivity index (χ2n) is 4.97. The molecule has 0 bridgehead atoms. The number of β-amino-alcohol motifs (C(OH)–C–C–N with tert-alkyl or cyclic N) is 1. The van der Waals surface area contributed by atoms with Crippen LogP contribution in [-0.2, 0) is 6.42 Å². The van der Waals surface area contributed by atoms with E-state index in [9.17, 15) is 9.90 Å². The first-order chi connectivity index (χ1) is 9.10. The first-order valence-corrected chi connectivity index (χ1v) is 7.11. The van der Waals surface area contributed by atoms with E-state index in [2.05, 4.69) is 11.9 Å². The van der Waals surface area contributed by atoms with E-state index in [1.165, 1.54) is 0 Å². The van der Waals surface area contributed by atoms with Gasteiger partial charge >= 0.3 is 0 Å². The Labute approximate surface area is 118 Å². The number of carbonyl (C=O) groups is 1. The van der Waals surface area contributed by atoms with Gasteiger partial charge in [-0.2, -0.15) is 0 Å². The Bertz CT molecular complexity index is 465. The van der Waals surface area contributed by atoms with Crippen molar-refractivity contribution in [2.75, 3.05) is 13.1 Å². The second-order valence-corrected chi connectivity index (χ2v) is 5.35. The fourth-order valence-corrected chi connectivity index (χ4v) is 2.61. The Morgan fingerprint density at radius 2 is 2.37 bits per heavy atom. The average molecular weight is 283 g/mol.